The molecule has 0 saturated carbocycles. The third kappa shape index (κ3) is 6.42. The zero-order chi connectivity index (χ0) is 38.1. The zero-order valence-corrected chi connectivity index (χ0v) is 30.7. The van der Waals surface area contributed by atoms with Crippen LogP contribution in [-0.4, -0.2) is 15.0 Å². The first-order valence-electron chi connectivity index (χ1n) is 18.8. The third-order valence-electron chi connectivity index (χ3n) is 10.4. The van der Waals surface area contributed by atoms with Crippen molar-refractivity contribution in [1.29, 1.82) is 5.26 Å². The van der Waals surface area contributed by atoms with E-state index in [1.165, 1.54) is 11.1 Å². The van der Waals surface area contributed by atoms with Gasteiger partial charge in [0.1, 0.15) is 11.2 Å². The van der Waals surface area contributed by atoms with Gasteiger partial charge in [0.25, 0.3) is 0 Å². The summed E-state index contributed by atoms with van der Waals surface area (Å²) in [6, 6.07) is 68.1. The highest BCUT2D eigenvalue weighted by Gasteiger charge is 2.19. The Hall–Kier alpha value is -7.94. The highest BCUT2D eigenvalue weighted by molar-refractivity contribution is 6.14. The van der Waals surface area contributed by atoms with E-state index >= 15 is 0 Å². The molecule has 0 bridgehead atoms. The van der Waals surface area contributed by atoms with Gasteiger partial charge in [-0.3, -0.25) is 0 Å². The molecule has 2 aromatic heterocycles. The maximum Gasteiger partial charge on any atom is 0.164 e. The summed E-state index contributed by atoms with van der Waals surface area (Å²) in [6.07, 6.45) is 0. The van der Waals surface area contributed by atoms with E-state index in [4.69, 9.17) is 19.4 Å². The number of nitrogens with zero attached hydrogens (tertiary/aromatic N) is 4. The van der Waals surface area contributed by atoms with Gasteiger partial charge in [-0.2, -0.15) is 5.26 Å². The monoisotopic (exact) mass is 728 g/mol. The quantitative estimate of drug-likeness (QED) is 0.163. The van der Waals surface area contributed by atoms with E-state index in [0.29, 0.717) is 23.0 Å². The van der Waals surface area contributed by atoms with Crippen molar-refractivity contribution < 1.29 is 4.42 Å². The van der Waals surface area contributed by atoms with Crippen LogP contribution < -0.4 is 0 Å². The summed E-state index contributed by atoms with van der Waals surface area (Å²) in [5.74, 6) is 1.64. The average molecular weight is 729 g/mol. The van der Waals surface area contributed by atoms with E-state index in [-0.39, 0.29) is 0 Å². The van der Waals surface area contributed by atoms with Crippen LogP contribution in [0.5, 0.6) is 0 Å². The van der Waals surface area contributed by atoms with E-state index in [2.05, 4.69) is 103 Å². The van der Waals surface area contributed by atoms with Crippen molar-refractivity contribution in [2.45, 2.75) is 0 Å². The fourth-order valence-corrected chi connectivity index (χ4v) is 7.55. The Labute approximate surface area is 329 Å². The molecular weight excluding hydrogens is 697 g/mol. The van der Waals surface area contributed by atoms with Gasteiger partial charge in [0.2, 0.25) is 0 Å². The molecule has 2 heterocycles. The minimum atomic E-state index is 0.533. The van der Waals surface area contributed by atoms with Crippen LogP contribution in [-0.2, 0) is 0 Å². The second kappa shape index (κ2) is 14.4. The van der Waals surface area contributed by atoms with E-state index in [1.54, 1.807) is 0 Å². The van der Waals surface area contributed by atoms with Gasteiger partial charge in [-0.25, -0.2) is 15.0 Å². The van der Waals surface area contributed by atoms with Gasteiger partial charge in [-0.05, 0) is 80.9 Å². The maximum absolute atomic E-state index is 9.81. The Bertz CT molecular complexity index is 3110. The van der Waals surface area contributed by atoms with Crippen molar-refractivity contribution in [1.82, 2.24) is 15.0 Å². The van der Waals surface area contributed by atoms with Crippen LogP contribution >= 0.6 is 0 Å². The smallest absolute Gasteiger partial charge is 0.164 e. The second-order valence-corrected chi connectivity index (χ2v) is 13.9. The summed E-state index contributed by atoms with van der Waals surface area (Å²) in [5.41, 5.74) is 13.2. The fourth-order valence-electron chi connectivity index (χ4n) is 7.55. The number of benzene rings is 8. The number of fused-ring (bicyclic) bond motifs is 3. The van der Waals surface area contributed by atoms with Gasteiger partial charge >= 0.3 is 0 Å². The Balaban J connectivity index is 1.12. The lowest BCUT2D eigenvalue weighted by atomic mass is 9.93. The van der Waals surface area contributed by atoms with Crippen LogP contribution in [0.15, 0.2) is 199 Å². The van der Waals surface area contributed by atoms with Crippen molar-refractivity contribution in [2.24, 2.45) is 0 Å². The molecule has 5 heteroatoms. The van der Waals surface area contributed by atoms with E-state index in [9.17, 15) is 5.26 Å². The zero-order valence-electron chi connectivity index (χ0n) is 30.7. The molecular formula is C52H32N4O. The summed E-state index contributed by atoms with van der Waals surface area (Å²) in [4.78, 5) is 15.0. The lowest BCUT2D eigenvalue weighted by molar-refractivity contribution is 0.669. The molecule has 0 amide bonds. The van der Waals surface area contributed by atoms with E-state index in [1.807, 2.05) is 97.1 Å². The molecule has 0 aliphatic rings. The minimum Gasteiger partial charge on any atom is -0.456 e. The molecule has 0 atom stereocenters. The molecule has 0 aliphatic heterocycles. The molecule has 8 aromatic carbocycles. The number of nitriles is 1. The molecule has 5 nitrogen and oxygen atoms in total. The first-order valence-corrected chi connectivity index (χ1v) is 18.8. The lowest BCUT2D eigenvalue weighted by Gasteiger charge is -2.10. The number of hydrogen-bond donors (Lipinski definition) is 0. The Morgan fingerprint density at radius 2 is 0.842 bits per heavy atom. The number of furan rings is 1. The molecule has 0 unspecified atom stereocenters. The summed E-state index contributed by atoms with van der Waals surface area (Å²) in [5, 5.41) is 11.9. The molecule has 10 rings (SSSR count). The van der Waals surface area contributed by atoms with Crippen molar-refractivity contribution in [2.75, 3.05) is 0 Å². The molecule has 0 fully saturated rings. The van der Waals surface area contributed by atoms with E-state index < -0.39 is 0 Å². The molecule has 0 saturated heterocycles. The molecule has 0 radical (unpaired) electrons. The standard InChI is InChI=1S/C52H32N4O/c53-33-42-19-10-11-22-44(42)39-20-12-21-40(29-39)51-54-50(38-17-8-3-9-18-38)55-52(56-51)41-27-28-45-47(31-41)57-48-32-43(35-15-6-2-7-16-35)30-46(49(45)48)37-25-23-36(24-26-37)34-13-4-1-5-14-34/h1-32H. The van der Waals surface area contributed by atoms with Crippen LogP contribution in [0.25, 0.3) is 101 Å². The van der Waals surface area contributed by atoms with Gasteiger partial charge < -0.3 is 4.42 Å². The van der Waals surface area contributed by atoms with Crippen LogP contribution in [0.2, 0.25) is 0 Å². The summed E-state index contributed by atoms with van der Waals surface area (Å²) in [6.45, 7) is 0. The van der Waals surface area contributed by atoms with Crippen LogP contribution in [0.4, 0.5) is 0 Å². The van der Waals surface area contributed by atoms with Crippen molar-refractivity contribution in [3.63, 3.8) is 0 Å². The SMILES string of the molecule is N#Cc1ccccc1-c1cccc(-c2nc(-c3ccccc3)nc(-c3ccc4c(c3)oc3cc(-c5ccccc5)cc(-c5ccc(-c6ccccc6)cc5)c34)n2)c1. The van der Waals surface area contributed by atoms with E-state index in [0.717, 1.165) is 72.0 Å². The van der Waals surface area contributed by atoms with Gasteiger partial charge in [-0.15, -0.1) is 0 Å². The molecule has 10 aromatic rings. The summed E-state index contributed by atoms with van der Waals surface area (Å²) >= 11 is 0. The molecule has 0 spiro atoms. The van der Waals surface area contributed by atoms with Crippen LogP contribution in [0.1, 0.15) is 5.56 Å². The molecule has 0 aliphatic carbocycles. The largest absolute Gasteiger partial charge is 0.456 e. The van der Waals surface area contributed by atoms with Crippen molar-refractivity contribution in [3.8, 4) is 84.7 Å². The first kappa shape index (κ1) is 33.6. The molecule has 266 valence electrons. The Morgan fingerprint density at radius 3 is 1.53 bits per heavy atom. The third-order valence-corrected chi connectivity index (χ3v) is 10.4. The van der Waals surface area contributed by atoms with Gasteiger partial charge in [0.15, 0.2) is 17.5 Å². The normalized spacial score (nSPS) is 11.1. The topological polar surface area (TPSA) is 75.6 Å². The maximum atomic E-state index is 9.81. The first-order chi connectivity index (χ1) is 28.2. The molecule has 0 N–H and O–H groups in total. The minimum absolute atomic E-state index is 0.533. The molecule has 57 heavy (non-hydrogen) atoms. The van der Waals surface area contributed by atoms with Crippen molar-refractivity contribution >= 4 is 21.9 Å². The predicted molar refractivity (Wildman–Crippen MR) is 230 cm³/mol. The summed E-state index contributed by atoms with van der Waals surface area (Å²) in [7, 11) is 0. The highest BCUT2D eigenvalue weighted by Crippen LogP contribution is 2.42. The Morgan fingerprint density at radius 1 is 0.351 bits per heavy atom. The van der Waals surface area contributed by atoms with Gasteiger partial charge in [0, 0.05) is 27.5 Å². The van der Waals surface area contributed by atoms with Crippen LogP contribution in [0.3, 0.4) is 0 Å². The van der Waals surface area contributed by atoms with Crippen molar-refractivity contribution in [3.05, 3.63) is 200 Å². The fraction of sp³-hybridized carbons (Fsp3) is 0. The Kier molecular flexibility index (Phi) is 8.48. The number of hydrogen-bond acceptors (Lipinski definition) is 5. The number of aromatic nitrogens is 3. The van der Waals surface area contributed by atoms with Gasteiger partial charge in [-0.1, -0.05) is 158 Å². The predicted octanol–water partition coefficient (Wildman–Crippen LogP) is 13.3. The van der Waals surface area contributed by atoms with Crippen LogP contribution in [0, 0.1) is 11.3 Å². The number of rotatable bonds is 7. The highest BCUT2D eigenvalue weighted by atomic mass is 16.3. The second-order valence-electron chi connectivity index (χ2n) is 13.9. The average Bonchev–Trinajstić information content (AvgIpc) is 3.67. The lowest BCUT2D eigenvalue weighted by Crippen LogP contribution is -2.00. The summed E-state index contributed by atoms with van der Waals surface area (Å²) < 4.78 is 6.75. The van der Waals surface area contributed by atoms with Gasteiger partial charge in [0.05, 0.1) is 11.6 Å².